The zero-order chi connectivity index (χ0) is 33.8. The van der Waals surface area contributed by atoms with Crippen LogP contribution in [0.5, 0.6) is 0 Å². The lowest BCUT2D eigenvalue weighted by atomic mass is 9.73. The van der Waals surface area contributed by atoms with Gasteiger partial charge in [-0.2, -0.15) is 0 Å². The molecule has 1 aliphatic rings. The summed E-state index contributed by atoms with van der Waals surface area (Å²) in [4.78, 5) is 10.4. The topological polar surface area (TPSA) is 43.9 Å². The van der Waals surface area contributed by atoms with Gasteiger partial charge in [0.2, 0.25) is 0 Å². The number of hydrogen-bond donors (Lipinski definition) is 0. The molecule has 0 aliphatic carbocycles. The van der Waals surface area contributed by atoms with Gasteiger partial charge in [0.25, 0.3) is 0 Å². The predicted molar refractivity (Wildman–Crippen MR) is 210 cm³/mol. The highest BCUT2D eigenvalue weighted by molar-refractivity contribution is 6.30. The molecule has 0 radical (unpaired) electrons. The van der Waals surface area contributed by atoms with E-state index < -0.39 is 0 Å². The van der Waals surface area contributed by atoms with Crippen LogP contribution >= 0.6 is 0 Å². The predicted octanol–water partition coefficient (Wildman–Crippen LogP) is 12.3. The van der Waals surface area contributed by atoms with Gasteiger partial charge < -0.3 is 8.98 Å². The number of furan rings is 1. The first-order valence-electron chi connectivity index (χ1n) is 17.5. The summed E-state index contributed by atoms with van der Waals surface area (Å²) in [5.74, 6) is 0.712. The second kappa shape index (κ2) is 10.3. The van der Waals surface area contributed by atoms with Crippen molar-refractivity contribution in [2.75, 3.05) is 0 Å². The smallest absolute Gasteiger partial charge is 0.160 e. The summed E-state index contributed by atoms with van der Waals surface area (Å²) in [5.41, 5.74) is 12.6. The van der Waals surface area contributed by atoms with Gasteiger partial charge in [-0.25, -0.2) is 9.97 Å². The molecule has 4 heteroatoms. The van der Waals surface area contributed by atoms with Crippen LogP contribution in [0, 0.1) is 0 Å². The molecule has 0 amide bonds. The Morgan fingerprint density at radius 2 is 1.16 bits per heavy atom. The van der Waals surface area contributed by atoms with Crippen molar-refractivity contribution in [3.8, 4) is 39.6 Å². The summed E-state index contributed by atoms with van der Waals surface area (Å²) >= 11 is 0. The molecule has 0 unspecified atom stereocenters. The molecule has 3 aromatic heterocycles. The van der Waals surface area contributed by atoms with Crippen LogP contribution < -0.4 is 0 Å². The summed E-state index contributed by atoms with van der Waals surface area (Å²) in [6, 6.07) is 53.7. The maximum Gasteiger partial charge on any atom is 0.160 e. The zero-order valence-corrected chi connectivity index (χ0v) is 28.2. The maximum atomic E-state index is 6.46. The van der Waals surface area contributed by atoms with Crippen LogP contribution in [-0.4, -0.2) is 14.5 Å². The van der Waals surface area contributed by atoms with Crippen molar-refractivity contribution in [3.05, 3.63) is 163 Å². The van der Waals surface area contributed by atoms with Crippen molar-refractivity contribution >= 4 is 54.5 Å². The molecule has 51 heavy (non-hydrogen) atoms. The van der Waals surface area contributed by atoms with Gasteiger partial charge in [0.15, 0.2) is 5.82 Å². The highest BCUT2D eigenvalue weighted by Crippen LogP contribution is 2.52. The normalized spacial score (nSPS) is 13.5. The number of fused-ring (bicyclic) bond motifs is 11. The number of aromatic nitrogens is 3. The summed E-state index contributed by atoms with van der Waals surface area (Å²) in [7, 11) is 0. The average molecular weight is 654 g/mol. The van der Waals surface area contributed by atoms with Gasteiger partial charge in [0.1, 0.15) is 11.2 Å². The maximum absolute atomic E-state index is 6.46. The van der Waals surface area contributed by atoms with Gasteiger partial charge in [-0.1, -0.05) is 117 Å². The first-order chi connectivity index (χ1) is 25.0. The van der Waals surface area contributed by atoms with Crippen LogP contribution in [-0.2, 0) is 5.41 Å². The molecule has 10 aromatic rings. The van der Waals surface area contributed by atoms with Crippen LogP contribution in [0.3, 0.4) is 0 Å². The van der Waals surface area contributed by atoms with Crippen molar-refractivity contribution in [2.45, 2.75) is 19.3 Å². The number of benzene rings is 7. The van der Waals surface area contributed by atoms with Gasteiger partial charge in [-0.05, 0) is 70.4 Å². The quantitative estimate of drug-likeness (QED) is 0.191. The highest BCUT2D eigenvalue weighted by atomic mass is 16.3. The largest absolute Gasteiger partial charge is 0.456 e. The Hall–Kier alpha value is -6.52. The van der Waals surface area contributed by atoms with Crippen molar-refractivity contribution in [2.24, 2.45) is 0 Å². The monoisotopic (exact) mass is 653 g/mol. The van der Waals surface area contributed by atoms with Crippen molar-refractivity contribution in [1.29, 1.82) is 0 Å². The van der Waals surface area contributed by atoms with E-state index in [0.29, 0.717) is 5.82 Å². The summed E-state index contributed by atoms with van der Waals surface area (Å²) in [5, 5.41) is 7.32. The summed E-state index contributed by atoms with van der Waals surface area (Å²) in [6.07, 6.45) is 0. The van der Waals surface area contributed by atoms with Crippen molar-refractivity contribution in [1.82, 2.24) is 14.5 Å². The van der Waals surface area contributed by atoms with E-state index in [2.05, 4.69) is 152 Å². The van der Waals surface area contributed by atoms with Crippen LogP contribution in [0.2, 0.25) is 0 Å². The zero-order valence-electron chi connectivity index (χ0n) is 28.2. The Kier molecular flexibility index (Phi) is 5.70. The van der Waals surface area contributed by atoms with Crippen LogP contribution in [0.15, 0.2) is 156 Å². The van der Waals surface area contributed by atoms with E-state index in [-0.39, 0.29) is 5.41 Å². The molecule has 4 heterocycles. The van der Waals surface area contributed by atoms with Gasteiger partial charge in [0.05, 0.1) is 33.5 Å². The molecule has 240 valence electrons. The molecule has 0 bridgehead atoms. The average Bonchev–Trinajstić information content (AvgIpc) is 3.74. The number of para-hydroxylation sites is 1. The van der Waals surface area contributed by atoms with Crippen LogP contribution in [0.4, 0.5) is 0 Å². The standard InChI is InChI=1S/C47H31N3O/c1-47(2)35-26-31(46-48-37(28-13-5-3-6-14-28)27-38(49-46)29-15-7-4-8-16-29)21-23-39(35)50-44-34(22-24-41-43(44)33-19-11-12-20-40(33)51-41)42-32-18-10-9-17-30(32)25-36(47)45(42)50/h3-27H,1-2H3. The molecule has 11 rings (SSSR count). The first kappa shape index (κ1) is 28.3. The van der Waals surface area contributed by atoms with Crippen molar-refractivity contribution in [3.63, 3.8) is 0 Å². The van der Waals surface area contributed by atoms with Gasteiger partial charge in [-0.3, -0.25) is 0 Å². The lowest BCUT2D eigenvalue weighted by Gasteiger charge is -2.35. The van der Waals surface area contributed by atoms with E-state index in [4.69, 9.17) is 14.4 Å². The summed E-state index contributed by atoms with van der Waals surface area (Å²) in [6.45, 7) is 4.72. The lowest BCUT2D eigenvalue weighted by molar-refractivity contribution is 0.631. The van der Waals surface area contributed by atoms with E-state index >= 15 is 0 Å². The van der Waals surface area contributed by atoms with E-state index in [9.17, 15) is 0 Å². The van der Waals surface area contributed by atoms with Gasteiger partial charge >= 0.3 is 0 Å². The third-order valence-electron chi connectivity index (χ3n) is 11.0. The molecule has 0 N–H and O–H groups in total. The van der Waals surface area contributed by atoms with E-state index in [1.54, 1.807) is 0 Å². The minimum atomic E-state index is -0.311. The molecule has 1 aliphatic heterocycles. The van der Waals surface area contributed by atoms with Crippen LogP contribution in [0.25, 0.3) is 94.1 Å². The van der Waals surface area contributed by atoms with E-state index in [1.807, 2.05) is 18.2 Å². The second-order valence-electron chi connectivity index (χ2n) is 14.2. The van der Waals surface area contributed by atoms with E-state index in [1.165, 1.54) is 49.4 Å². The minimum absolute atomic E-state index is 0.311. The Bertz CT molecular complexity index is 2980. The third-order valence-corrected chi connectivity index (χ3v) is 11.0. The molecular formula is C47H31N3O. The Labute approximate surface area is 294 Å². The number of hydrogen-bond acceptors (Lipinski definition) is 3. The number of rotatable bonds is 3. The molecule has 0 saturated heterocycles. The van der Waals surface area contributed by atoms with Gasteiger partial charge in [0, 0.05) is 38.3 Å². The Morgan fingerprint density at radius 1 is 0.490 bits per heavy atom. The number of nitrogens with zero attached hydrogens (tertiary/aromatic N) is 3. The SMILES string of the molecule is CC1(C)c2cc(-c3nc(-c4ccccc4)cc(-c4ccccc4)n3)ccc2-n2c3c1cc1ccccc1c3c1ccc3oc4ccccc4c3c12. The fourth-order valence-corrected chi connectivity index (χ4v) is 8.51. The Balaban J connectivity index is 1.24. The molecule has 0 fully saturated rings. The molecule has 4 nitrogen and oxygen atoms in total. The molecule has 0 atom stereocenters. The lowest BCUT2D eigenvalue weighted by Crippen LogP contribution is -2.26. The van der Waals surface area contributed by atoms with Crippen LogP contribution in [0.1, 0.15) is 25.0 Å². The molecule has 0 saturated carbocycles. The molecule has 0 spiro atoms. The van der Waals surface area contributed by atoms with Crippen molar-refractivity contribution < 1.29 is 4.42 Å². The summed E-state index contributed by atoms with van der Waals surface area (Å²) < 4.78 is 8.97. The van der Waals surface area contributed by atoms with Gasteiger partial charge in [-0.15, -0.1) is 0 Å². The fraction of sp³-hybridized carbons (Fsp3) is 0.0638. The fourth-order valence-electron chi connectivity index (χ4n) is 8.51. The first-order valence-corrected chi connectivity index (χ1v) is 17.5. The highest BCUT2D eigenvalue weighted by Gasteiger charge is 2.37. The third kappa shape index (κ3) is 3.96. The molecular weight excluding hydrogens is 623 g/mol. The second-order valence-corrected chi connectivity index (χ2v) is 14.2. The minimum Gasteiger partial charge on any atom is -0.456 e. The molecule has 7 aromatic carbocycles. The Morgan fingerprint density at radius 3 is 1.90 bits per heavy atom. The van der Waals surface area contributed by atoms with E-state index in [0.717, 1.165) is 50.0 Å².